The van der Waals surface area contributed by atoms with E-state index in [-0.39, 0.29) is 12.4 Å². The van der Waals surface area contributed by atoms with Gasteiger partial charge in [-0.3, -0.25) is 4.79 Å². The lowest BCUT2D eigenvalue weighted by Crippen LogP contribution is -2.12. The van der Waals surface area contributed by atoms with Crippen LogP contribution in [0.25, 0.3) is 10.9 Å². The lowest BCUT2D eigenvalue weighted by atomic mass is 10.1. The molecule has 0 amide bonds. The van der Waals surface area contributed by atoms with E-state index in [2.05, 4.69) is 0 Å². The number of ether oxygens (including phenoxy) is 3. The first-order chi connectivity index (χ1) is 12.0. The Kier molecular flexibility index (Phi) is 4.65. The van der Waals surface area contributed by atoms with E-state index in [1.165, 1.54) is 0 Å². The molecule has 5 heteroatoms. The molecule has 1 aromatic heterocycles. The van der Waals surface area contributed by atoms with Crippen molar-refractivity contribution in [1.29, 1.82) is 0 Å². The van der Waals surface area contributed by atoms with E-state index in [1.807, 2.05) is 36.7 Å². The lowest BCUT2D eigenvalue weighted by molar-refractivity contribution is 0.0922. The van der Waals surface area contributed by atoms with Crippen molar-refractivity contribution >= 4 is 16.7 Å². The standard InChI is InChI=1S/C20H21NO4/c1-13-20(17-11-16(24-4)9-10-18(17)21(13)2)19(22)12-25-15-7-5-14(23-3)6-8-15/h5-11H,12H2,1-4H3. The molecule has 1 heterocycles. The number of carbonyl (C=O) groups excluding carboxylic acids is 1. The van der Waals surface area contributed by atoms with Crippen molar-refractivity contribution in [3.05, 3.63) is 53.7 Å². The maximum Gasteiger partial charge on any atom is 0.202 e. The zero-order valence-corrected chi connectivity index (χ0v) is 14.8. The average molecular weight is 339 g/mol. The minimum atomic E-state index is -0.0628. The number of methoxy groups -OCH3 is 2. The van der Waals surface area contributed by atoms with E-state index in [4.69, 9.17) is 14.2 Å². The summed E-state index contributed by atoms with van der Waals surface area (Å²) in [5, 5.41) is 0.877. The fourth-order valence-corrected chi connectivity index (χ4v) is 2.92. The summed E-state index contributed by atoms with van der Waals surface area (Å²) in [4.78, 5) is 12.8. The van der Waals surface area contributed by atoms with Gasteiger partial charge < -0.3 is 18.8 Å². The number of hydrogen-bond acceptors (Lipinski definition) is 4. The summed E-state index contributed by atoms with van der Waals surface area (Å²) in [6.07, 6.45) is 0. The predicted octanol–water partition coefficient (Wildman–Crippen LogP) is 3.77. The second kappa shape index (κ2) is 6.89. The molecule has 3 rings (SSSR count). The number of benzene rings is 2. The van der Waals surface area contributed by atoms with E-state index in [0.717, 1.165) is 28.1 Å². The molecule has 0 N–H and O–H groups in total. The Balaban J connectivity index is 1.87. The fourth-order valence-electron chi connectivity index (χ4n) is 2.92. The van der Waals surface area contributed by atoms with Crippen LogP contribution in [0.2, 0.25) is 0 Å². The van der Waals surface area contributed by atoms with Crippen molar-refractivity contribution < 1.29 is 19.0 Å². The van der Waals surface area contributed by atoms with E-state index < -0.39 is 0 Å². The third-order valence-electron chi connectivity index (χ3n) is 4.41. The number of hydrogen-bond donors (Lipinski definition) is 0. The first kappa shape index (κ1) is 16.9. The monoisotopic (exact) mass is 339 g/mol. The highest BCUT2D eigenvalue weighted by Gasteiger charge is 2.19. The van der Waals surface area contributed by atoms with Crippen molar-refractivity contribution in [1.82, 2.24) is 4.57 Å². The van der Waals surface area contributed by atoms with Gasteiger partial charge in [-0.1, -0.05) is 0 Å². The Hall–Kier alpha value is -2.95. The van der Waals surface area contributed by atoms with Gasteiger partial charge in [-0.15, -0.1) is 0 Å². The zero-order chi connectivity index (χ0) is 18.0. The Labute approximate surface area is 146 Å². The number of aromatic nitrogens is 1. The van der Waals surface area contributed by atoms with E-state index >= 15 is 0 Å². The topological polar surface area (TPSA) is 49.7 Å². The van der Waals surface area contributed by atoms with Gasteiger partial charge in [-0.2, -0.15) is 0 Å². The van der Waals surface area contributed by atoms with Crippen LogP contribution < -0.4 is 14.2 Å². The minimum absolute atomic E-state index is 0.0243. The van der Waals surface area contributed by atoms with Gasteiger partial charge in [0, 0.05) is 29.2 Å². The van der Waals surface area contributed by atoms with Crippen LogP contribution in [0.3, 0.4) is 0 Å². The highest BCUT2D eigenvalue weighted by Crippen LogP contribution is 2.29. The third kappa shape index (κ3) is 3.18. The van der Waals surface area contributed by atoms with Gasteiger partial charge in [0.1, 0.15) is 17.2 Å². The molecule has 2 aromatic carbocycles. The molecule has 0 radical (unpaired) electrons. The van der Waals surface area contributed by atoms with Gasteiger partial charge in [0.05, 0.1) is 14.2 Å². The van der Waals surface area contributed by atoms with E-state index in [9.17, 15) is 4.79 Å². The summed E-state index contributed by atoms with van der Waals surface area (Å²) in [7, 11) is 5.17. The molecular formula is C20H21NO4. The molecule has 130 valence electrons. The molecule has 0 aliphatic heterocycles. The number of Topliss-reactive ketones (excluding diaryl/α,β-unsaturated/α-hetero) is 1. The van der Waals surface area contributed by atoms with Crippen LogP contribution in [0.4, 0.5) is 0 Å². The molecule has 0 aliphatic rings. The largest absolute Gasteiger partial charge is 0.497 e. The van der Waals surface area contributed by atoms with Gasteiger partial charge in [-0.25, -0.2) is 0 Å². The lowest BCUT2D eigenvalue weighted by Gasteiger charge is -2.07. The van der Waals surface area contributed by atoms with Crippen LogP contribution in [0.5, 0.6) is 17.2 Å². The molecule has 0 fully saturated rings. The van der Waals surface area contributed by atoms with Crippen LogP contribution in [0, 0.1) is 6.92 Å². The van der Waals surface area contributed by atoms with Crippen LogP contribution in [-0.2, 0) is 7.05 Å². The highest BCUT2D eigenvalue weighted by molar-refractivity contribution is 6.10. The van der Waals surface area contributed by atoms with Crippen LogP contribution in [0.1, 0.15) is 16.1 Å². The van der Waals surface area contributed by atoms with Crippen molar-refractivity contribution in [3.8, 4) is 17.2 Å². The Morgan fingerprint density at radius 3 is 2.20 bits per heavy atom. The van der Waals surface area contributed by atoms with Crippen LogP contribution >= 0.6 is 0 Å². The molecule has 25 heavy (non-hydrogen) atoms. The van der Waals surface area contributed by atoms with Crippen LogP contribution in [-0.4, -0.2) is 31.2 Å². The second-order valence-corrected chi connectivity index (χ2v) is 5.79. The third-order valence-corrected chi connectivity index (χ3v) is 4.41. The summed E-state index contributed by atoms with van der Waals surface area (Å²) in [5.41, 5.74) is 2.57. The number of rotatable bonds is 6. The van der Waals surface area contributed by atoms with Gasteiger partial charge in [0.15, 0.2) is 6.61 Å². The number of carbonyl (C=O) groups is 1. The van der Waals surface area contributed by atoms with E-state index in [0.29, 0.717) is 11.3 Å². The van der Waals surface area contributed by atoms with Crippen molar-refractivity contribution in [2.45, 2.75) is 6.92 Å². The molecule has 0 bridgehead atoms. The van der Waals surface area contributed by atoms with Gasteiger partial charge in [-0.05, 0) is 49.4 Å². The molecule has 0 atom stereocenters. The maximum absolute atomic E-state index is 12.8. The van der Waals surface area contributed by atoms with Crippen molar-refractivity contribution in [3.63, 3.8) is 0 Å². The van der Waals surface area contributed by atoms with Gasteiger partial charge >= 0.3 is 0 Å². The van der Waals surface area contributed by atoms with Crippen molar-refractivity contribution in [2.24, 2.45) is 7.05 Å². The SMILES string of the molecule is COc1ccc(OCC(=O)c2c(C)n(C)c3ccc(OC)cc23)cc1. The molecule has 0 spiro atoms. The fraction of sp³-hybridized carbons (Fsp3) is 0.250. The van der Waals surface area contributed by atoms with Crippen LogP contribution in [0.15, 0.2) is 42.5 Å². The Bertz CT molecular complexity index is 910. The summed E-state index contributed by atoms with van der Waals surface area (Å²) >= 11 is 0. The van der Waals surface area contributed by atoms with Crippen molar-refractivity contribution in [2.75, 3.05) is 20.8 Å². The zero-order valence-electron chi connectivity index (χ0n) is 14.8. The summed E-state index contributed by atoms with van der Waals surface area (Å²) in [6.45, 7) is 1.91. The molecule has 0 aliphatic carbocycles. The number of fused-ring (bicyclic) bond motifs is 1. The van der Waals surface area contributed by atoms with Gasteiger partial charge in [0.2, 0.25) is 5.78 Å². The Morgan fingerprint density at radius 1 is 0.960 bits per heavy atom. The molecule has 3 aromatic rings. The number of ketones is 1. The highest BCUT2D eigenvalue weighted by atomic mass is 16.5. The smallest absolute Gasteiger partial charge is 0.202 e. The first-order valence-corrected chi connectivity index (χ1v) is 7.98. The molecule has 5 nitrogen and oxygen atoms in total. The second-order valence-electron chi connectivity index (χ2n) is 5.79. The Morgan fingerprint density at radius 2 is 1.56 bits per heavy atom. The van der Waals surface area contributed by atoms with Gasteiger partial charge in [0.25, 0.3) is 0 Å². The average Bonchev–Trinajstić information content (AvgIpc) is 2.90. The minimum Gasteiger partial charge on any atom is -0.497 e. The molecular weight excluding hydrogens is 318 g/mol. The molecule has 0 saturated heterocycles. The summed E-state index contributed by atoms with van der Waals surface area (Å²) in [5.74, 6) is 2.04. The molecule has 0 saturated carbocycles. The number of aryl methyl sites for hydroxylation is 1. The van der Waals surface area contributed by atoms with E-state index in [1.54, 1.807) is 38.5 Å². The quantitative estimate of drug-likeness (QED) is 0.642. The predicted molar refractivity (Wildman–Crippen MR) is 97.0 cm³/mol. The maximum atomic E-state index is 12.8. The normalized spacial score (nSPS) is 10.7. The molecule has 0 unspecified atom stereocenters. The first-order valence-electron chi connectivity index (χ1n) is 7.98. The summed E-state index contributed by atoms with van der Waals surface area (Å²) in [6, 6.07) is 12.9. The number of nitrogens with zero attached hydrogens (tertiary/aromatic N) is 1. The summed E-state index contributed by atoms with van der Waals surface area (Å²) < 4.78 is 18.1.